The van der Waals surface area contributed by atoms with Crippen molar-refractivity contribution < 1.29 is 28.7 Å². The van der Waals surface area contributed by atoms with Crippen molar-refractivity contribution in [3.63, 3.8) is 0 Å². The zero-order valence-corrected chi connectivity index (χ0v) is 13.5. The number of carbonyl (C=O) groups excluding carboxylic acids is 1. The fraction of sp³-hybridized carbons (Fsp3) is 0.125. The van der Waals surface area contributed by atoms with Crippen molar-refractivity contribution in [3.05, 3.63) is 57.9 Å². The van der Waals surface area contributed by atoms with Crippen molar-refractivity contribution in [1.82, 2.24) is 5.43 Å². The van der Waals surface area contributed by atoms with Crippen LogP contribution in [0.3, 0.4) is 0 Å². The Morgan fingerprint density at radius 1 is 1.35 bits per heavy atom. The number of hydrazone groups is 1. The number of halogens is 1. The van der Waals surface area contributed by atoms with E-state index in [0.29, 0.717) is 5.75 Å². The highest BCUT2D eigenvalue weighted by Crippen LogP contribution is 2.33. The van der Waals surface area contributed by atoms with Crippen LogP contribution < -0.4 is 20.0 Å². The van der Waals surface area contributed by atoms with Crippen LogP contribution in [0.5, 0.6) is 17.2 Å². The number of benzene rings is 2. The molecular weight excluding hydrogens is 349 g/mol. The molecule has 26 heavy (non-hydrogen) atoms. The summed E-state index contributed by atoms with van der Waals surface area (Å²) in [5, 5.41) is 26.2. The van der Waals surface area contributed by atoms with Gasteiger partial charge < -0.3 is 14.6 Å². The standard InChI is InChI=1S/C16H14FN3O6/c1-25-14-7-10(6-13(16(14)22)20(23)24)8-18-19-15(21)9-26-12-4-2-11(17)3-5-12/h2-8,22H,9H2,1H3,(H,19,21)/p-1/b18-8-. The highest BCUT2D eigenvalue weighted by Gasteiger charge is 2.12. The number of carbonyl (C=O) groups is 1. The topological polar surface area (TPSA) is 126 Å². The molecule has 0 spiro atoms. The molecule has 2 aromatic rings. The number of hydrogen-bond acceptors (Lipinski definition) is 7. The number of methoxy groups -OCH3 is 1. The highest BCUT2D eigenvalue weighted by molar-refractivity contribution is 5.85. The maximum Gasteiger partial charge on any atom is 0.277 e. The molecule has 0 saturated carbocycles. The van der Waals surface area contributed by atoms with Crippen LogP contribution in [-0.2, 0) is 4.79 Å². The van der Waals surface area contributed by atoms with E-state index in [4.69, 9.17) is 9.47 Å². The summed E-state index contributed by atoms with van der Waals surface area (Å²) in [4.78, 5) is 21.6. The first-order chi connectivity index (χ1) is 12.4. The van der Waals surface area contributed by atoms with E-state index in [1.165, 1.54) is 37.4 Å². The highest BCUT2D eigenvalue weighted by atomic mass is 19.1. The second kappa shape index (κ2) is 8.42. The Hall–Kier alpha value is -3.69. The minimum atomic E-state index is -0.855. The maximum absolute atomic E-state index is 12.7. The van der Waals surface area contributed by atoms with Crippen LogP contribution in [0.2, 0.25) is 0 Å². The summed E-state index contributed by atoms with van der Waals surface area (Å²) in [5.74, 6) is -1.80. The third kappa shape index (κ3) is 4.90. The zero-order valence-electron chi connectivity index (χ0n) is 13.5. The molecule has 0 aliphatic rings. The molecule has 0 atom stereocenters. The molecule has 0 bridgehead atoms. The molecule has 2 aromatic carbocycles. The predicted molar refractivity (Wildman–Crippen MR) is 86.7 cm³/mol. The Bertz CT molecular complexity index is 839. The number of nitrogens with zero attached hydrogens (tertiary/aromatic N) is 2. The van der Waals surface area contributed by atoms with E-state index in [9.17, 15) is 24.4 Å². The lowest BCUT2D eigenvalue weighted by atomic mass is 10.2. The van der Waals surface area contributed by atoms with Gasteiger partial charge in [-0.25, -0.2) is 9.82 Å². The third-order valence-corrected chi connectivity index (χ3v) is 3.06. The van der Waals surface area contributed by atoms with Gasteiger partial charge in [-0.1, -0.05) is 0 Å². The van der Waals surface area contributed by atoms with Gasteiger partial charge in [0.15, 0.2) is 6.61 Å². The Labute approximate surface area is 146 Å². The fourth-order valence-corrected chi connectivity index (χ4v) is 1.86. The van der Waals surface area contributed by atoms with Crippen LogP contribution in [0, 0.1) is 15.9 Å². The van der Waals surface area contributed by atoms with E-state index in [-0.39, 0.29) is 17.9 Å². The molecule has 2 rings (SSSR count). The zero-order chi connectivity index (χ0) is 19.1. The molecule has 0 aliphatic carbocycles. The Morgan fingerprint density at radius 2 is 2.04 bits per heavy atom. The van der Waals surface area contributed by atoms with Crippen LogP contribution in [0.4, 0.5) is 10.1 Å². The average molecular weight is 362 g/mol. The molecule has 136 valence electrons. The minimum Gasteiger partial charge on any atom is -0.865 e. The average Bonchev–Trinajstić information content (AvgIpc) is 2.62. The second-order valence-electron chi connectivity index (χ2n) is 4.86. The molecule has 0 aliphatic heterocycles. The number of nitrogens with one attached hydrogen (secondary N) is 1. The van der Waals surface area contributed by atoms with Crippen molar-refractivity contribution >= 4 is 17.8 Å². The van der Waals surface area contributed by atoms with Gasteiger partial charge >= 0.3 is 0 Å². The summed E-state index contributed by atoms with van der Waals surface area (Å²) < 4.78 is 22.7. The van der Waals surface area contributed by atoms with Crippen LogP contribution in [-0.4, -0.2) is 30.8 Å². The normalized spacial score (nSPS) is 10.5. The van der Waals surface area contributed by atoms with Gasteiger partial charge in [-0.15, -0.1) is 0 Å². The monoisotopic (exact) mass is 362 g/mol. The van der Waals surface area contributed by atoms with Gasteiger partial charge in [0.05, 0.1) is 18.2 Å². The van der Waals surface area contributed by atoms with Gasteiger partial charge in [0.2, 0.25) is 0 Å². The summed E-state index contributed by atoms with van der Waals surface area (Å²) in [6, 6.07) is 7.36. The molecule has 1 amide bonds. The summed E-state index contributed by atoms with van der Waals surface area (Å²) in [6.07, 6.45) is 1.12. The second-order valence-corrected chi connectivity index (χ2v) is 4.86. The molecular formula is C16H13FN3O6-. The number of amides is 1. The lowest BCUT2D eigenvalue weighted by Crippen LogP contribution is -2.24. The van der Waals surface area contributed by atoms with Gasteiger partial charge in [-0.05, 0) is 30.3 Å². The van der Waals surface area contributed by atoms with Gasteiger partial charge in [0.1, 0.15) is 17.3 Å². The van der Waals surface area contributed by atoms with E-state index in [1.54, 1.807) is 0 Å². The van der Waals surface area contributed by atoms with Crippen LogP contribution in [0.25, 0.3) is 0 Å². The van der Waals surface area contributed by atoms with E-state index in [1.807, 2.05) is 0 Å². The summed E-state index contributed by atoms with van der Waals surface area (Å²) >= 11 is 0. The Morgan fingerprint density at radius 3 is 2.65 bits per heavy atom. The van der Waals surface area contributed by atoms with Crippen molar-refractivity contribution in [3.8, 4) is 17.2 Å². The summed E-state index contributed by atoms with van der Waals surface area (Å²) in [7, 11) is 1.20. The molecule has 0 radical (unpaired) electrons. The van der Waals surface area contributed by atoms with E-state index in [0.717, 1.165) is 12.3 Å². The number of nitro benzene ring substituents is 1. The first kappa shape index (κ1) is 18.6. The lowest BCUT2D eigenvalue weighted by molar-refractivity contribution is -0.398. The quantitative estimate of drug-likeness (QED) is 0.450. The van der Waals surface area contributed by atoms with Crippen LogP contribution >= 0.6 is 0 Å². The van der Waals surface area contributed by atoms with Crippen molar-refractivity contribution in [2.24, 2.45) is 5.10 Å². The van der Waals surface area contributed by atoms with Crippen LogP contribution in [0.15, 0.2) is 41.5 Å². The molecule has 10 heteroatoms. The molecule has 0 unspecified atom stereocenters. The first-order valence-electron chi connectivity index (χ1n) is 7.14. The maximum atomic E-state index is 12.7. The van der Waals surface area contributed by atoms with Gasteiger partial charge in [0.25, 0.3) is 11.6 Å². The van der Waals surface area contributed by atoms with Crippen molar-refractivity contribution in [1.29, 1.82) is 0 Å². The number of rotatable bonds is 7. The Balaban J connectivity index is 1.96. The third-order valence-electron chi connectivity index (χ3n) is 3.06. The van der Waals surface area contributed by atoms with Gasteiger partial charge in [-0.2, -0.15) is 5.10 Å². The molecule has 0 heterocycles. The number of nitro groups is 1. The van der Waals surface area contributed by atoms with Crippen molar-refractivity contribution in [2.45, 2.75) is 0 Å². The summed E-state index contributed by atoms with van der Waals surface area (Å²) in [5.41, 5.74) is 1.67. The van der Waals surface area contributed by atoms with E-state index in [2.05, 4.69) is 10.5 Å². The van der Waals surface area contributed by atoms with E-state index < -0.39 is 28.1 Å². The minimum absolute atomic E-state index is 0.188. The molecule has 9 nitrogen and oxygen atoms in total. The number of ether oxygens (including phenoxy) is 2. The molecule has 0 saturated heterocycles. The molecule has 1 N–H and O–H groups in total. The SMILES string of the molecule is COc1cc(/C=N\NC(=O)COc2ccc(F)cc2)cc([N+](=O)[O-])c1[O-]. The van der Waals surface area contributed by atoms with E-state index >= 15 is 0 Å². The molecule has 0 fully saturated rings. The van der Waals surface area contributed by atoms with Gasteiger partial charge in [0, 0.05) is 17.4 Å². The smallest absolute Gasteiger partial charge is 0.277 e. The summed E-state index contributed by atoms with van der Waals surface area (Å²) in [6.45, 7) is -0.369. The molecule has 0 aromatic heterocycles. The van der Waals surface area contributed by atoms with Crippen LogP contribution in [0.1, 0.15) is 5.56 Å². The number of hydrogen-bond donors (Lipinski definition) is 1. The predicted octanol–water partition coefficient (Wildman–Crippen LogP) is 1.35. The first-order valence-corrected chi connectivity index (χ1v) is 7.14. The lowest BCUT2D eigenvalue weighted by Gasteiger charge is -2.12. The fourth-order valence-electron chi connectivity index (χ4n) is 1.86. The largest absolute Gasteiger partial charge is 0.865 e. The van der Waals surface area contributed by atoms with Crippen molar-refractivity contribution in [2.75, 3.05) is 13.7 Å². The Kier molecular flexibility index (Phi) is 6.04. The van der Waals surface area contributed by atoms with Gasteiger partial charge in [-0.3, -0.25) is 14.9 Å².